The second kappa shape index (κ2) is 8.41. The molecule has 6 nitrogen and oxygen atoms in total. The highest BCUT2D eigenvalue weighted by Gasteiger charge is 2.15. The number of hydrogen-bond donors (Lipinski definition) is 1. The quantitative estimate of drug-likeness (QED) is 0.629. The Morgan fingerprint density at radius 3 is 2.59 bits per heavy atom. The van der Waals surface area contributed by atoms with Crippen molar-refractivity contribution in [3.8, 4) is 10.8 Å². The molecule has 0 spiro atoms. The Hall–Kier alpha value is -2.58. The molecule has 140 valence electrons. The van der Waals surface area contributed by atoms with Gasteiger partial charge in [0.2, 0.25) is 11.8 Å². The maximum atomic E-state index is 12.3. The average molecular weight is 402 g/mol. The van der Waals surface area contributed by atoms with Gasteiger partial charge in [0, 0.05) is 24.7 Å². The number of thioether (sulfide) groups is 1. The second-order valence-electron chi connectivity index (χ2n) is 6.01. The highest BCUT2D eigenvalue weighted by Crippen LogP contribution is 2.26. The molecule has 8 heteroatoms. The van der Waals surface area contributed by atoms with Gasteiger partial charge in [0.15, 0.2) is 0 Å². The predicted octanol–water partition coefficient (Wildman–Crippen LogP) is 4.67. The minimum Gasteiger partial charge on any atom is -0.440 e. The molecule has 3 aromatic rings. The van der Waals surface area contributed by atoms with Crippen molar-refractivity contribution in [1.82, 2.24) is 9.88 Å². The van der Waals surface area contributed by atoms with Crippen LogP contribution >= 0.6 is 23.1 Å². The van der Waals surface area contributed by atoms with Crippen molar-refractivity contribution in [2.24, 2.45) is 0 Å². The smallest absolute Gasteiger partial charge is 0.285 e. The molecular weight excluding hydrogens is 382 g/mol. The number of amides is 2. The van der Waals surface area contributed by atoms with E-state index in [2.05, 4.69) is 10.3 Å². The molecule has 0 saturated heterocycles. The van der Waals surface area contributed by atoms with Crippen LogP contribution in [0.4, 0.5) is 10.5 Å². The molecule has 2 heterocycles. The molecule has 0 radical (unpaired) electrons. The van der Waals surface area contributed by atoms with E-state index in [4.69, 9.17) is 4.42 Å². The van der Waals surface area contributed by atoms with E-state index in [9.17, 15) is 9.59 Å². The molecule has 2 amide bonds. The molecule has 1 N–H and O–H groups in total. The maximum absolute atomic E-state index is 12.3. The molecule has 0 aliphatic rings. The summed E-state index contributed by atoms with van der Waals surface area (Å²) >= 11 is 2.68. The first-order chi connectivity index (χ1) is 12.9. The van der Waals surface area contributed by atoms with Crippen LogP contribution in [0.25, 0.3) is 10.8 Å². The number of oxazole rings is 1. The number of carbonyl (C=O) groups is 2. The Balaban J connectivity index is 1.60. The van der Waals surface area contributed by atoms with Crippen molar-refractivity contribution in [3.05, 3.63) is 53.2 Å². The van der Waals surface area contributed by atoms with Gasteiger partial charge < -0.3 is 14.6 Å². The lowest BCUT2D eigenvalue weighted by Crippen LogP contribution is -2.16. The third-order valence-electron chi connectivity index (χ3n) is 3.66. The number of aromatic nitrogens is 1. The third kappa shape index (κ3) is 4.99. The van der Waals surface area contributed by atoms with Gasteiger partial charge >= 0.3 is 0 Å². The normalized spacial score (nSPS) is 10.6. The molecular formula is C19H19N3O3S2. The number of aryl methyl sites for hydroxylation is 1. The van der Waals surface area contributed by atoms with Crippen LogP contribution in [0, 0.1) is 6.92 Å². The number of rotatable bonds is 5. The van der Waals surface area contributed by atoms with E-state index < -0.39 is 0 Å². The van der Waals surface area contributed by atoms with Crippen LogP contribution in [0.2, 0.25) is 0 Å². The average Bonchev–Trinajstić information content (AvgIpc) is 3.27. The molecule has 0 bridgehead atoms. The highest BCUT2D eigenvalue weighted by molar-refractivity contribution is 8.13. The number of hydrogen-bond acceptors (Lipinski definition) is 6. The molecule has 0 unspecified atom stereocenters. The van der Waals surface area contributed by atoms with E-state index in [0.29, 0.717) is 23.0 Å². The van der Waals surface area contributed by atoms with Gasteiger partial charge in [0.25, 0.3) is 5.24 Å². The number of carbonyl (C=O) groups excluding carboxylic acids is 2. The van der Waals surface area contributed by atoms with Gasteiger partial charge in [-0.2, -0.15) is 0 Å². The number of benzene rings is 1. The van der Waals surface area contributed by atoms with E-state index in [1.165, 1.54) is 4.90 Å². The Labute approximate surface area is 165 Å². The maximum Gasteiger partial charge on any atom is 0.285 e. The largest absolute Gasteiger partial charge is 0.440 e. The van der Waals surface area contributed by atoms with Gasteiger partial charge in [-0.1, -0.05) is 6.07 Å². The lowest BCUT2D eigenvalue weighted by molar-refractivity contribution is -0.115. The summed E-state index contributed by atoms with van der Waals surface area (Å²) in [6, 6.07) is 11.0. The summed E-state index contributed by atoms with van der Waals surface area (Å²) in [5, 5.41) is 4.75. The van der Waals surface area contributed by atoms with Gasteiger partial charge in [0.05, 0.1) is 17.0 Å². The van der Waals surface area contributed by atoms with Gasteiger partial charge in [-0.3, -0.25) is 9.59 Å². The fourth-order valence-corrected chi connectivity index (χ4v) is 3.56. The van der Waals surface area contributed by atoms with E-state index in [0.717, 1.165) is 21.5 Å². The van der Waals surface area contributed by atoms with E-state index >= 15 is 0 Å². The summed E-state index contributed by atoms with van der Waals surface area (Å²) in [6.45, 7) is 1.81. The summed E-state index contributed by atoms with van der Waals surface area (Å²) in [5.41, 5.74) is 1.29. The summed E-state index contributed by atoms with van der Waals surface area (Å²) in [5.74, 6) is 1.01. The number of thiophene rings is 1. The van der Waals surface area contributed by atoms with Crippen LogP contribution in [-0.2, 0) is 11.2 Å². The van der Waals surface area contributed by atoms with E-state index in [1.807, 2.05) is 17.5 Å². The van der Waals surface area contributed by atoms with Crippen LogP contribution in [0.15, 0.2) is 51.1 Å². The van der Waals surface area contributed by atoms with Crippen molar-refractivity contribution in [1.29, 1.82) is 0 Å². The summed E-state index contributed by atoms with van der Waals surface area (Å²) in [6.07, 6.45) is 0.135. The molecule has 0 saturated carbocycles. The van der Waals surface area contributed by atoms with Crippen molar-refractivity contribution in [2.75, 3.05) is 19.4 Å². The first-order valence-corrected chi connectivity index (χ1v) is 9.91. The minimum atomic E-state index is -0.172. The predicted molar refractivity (Wildman–Crippen MR) is 108 cm³/mol. The third-order valence-corrected chi connectivity index (χ3v) is 5.57. The molecule has 0 aliphatic carbocycles. The molecule has 3 rings (SSSR count). The van der Waals surface area contributed by atoms with Crippen LogP contribution < -0.4 is 5.32 Å². The molecule has 27 heavy (non-hydrogen) atoms. The molecule has 0 fully saturated rings. The van der Waals surface area contributed by atoms with E-state index in [-0.39, 0.29) is 17.6 Å². The van der Waals surface area contributed by atoms with Crippen molar-refractivity contribution in [2.45, 2.75) is 18.2 Å². The number of nitrogens with zero attached hydrogens (tertiary/aromatic N) is 2. The summed E-state index contributed by atoms with van der Waals surface area (Å²) in [7, 11) is 3.42. The van der Waals surface area contributed by atoms with Crippen LogP contribution in [0.3, 0.4) is 0 Å². The fraction of sp³-hybridized carbons (Fsp3) is 0.211. The summed E-state index contributed by atoms with van der Waals surface area (Å²) < 4.78 is 5.66. The molecule has 2 aromatic heterocycles. The molecule has 0 atom stereocenters. The van der Waals surface area contributed by atoms with Crippen LogP contribution in [-0.4, -0.2) is 35.1 Å². The SMILES string of the molecule is Cc1oc(-c2cccs2)nc1CC(=O)Nc1ccc(SC(=O)N(C)C)cc1. The van der Waals surface area contributed by atoms with Crippen LogP contribution in [0.5, 0.6) is 0 Å². The Morgan fingerprint density at radius 1 is 1.22 bits per heavy atom. The zero-order chi connectivity index (χ0) is 19.4. The second-order valence-corrected chi connectivity index (χ2v) is 7.98. The van der Waals surface area contributed by atoms with Gasteiger partial charge in [0.1, 0.15) is 5.76 Å². The topological polar surface area (TPSA) is 75.4 Å². The Kier molecular flexibility index (Phi) is 5.98. The van der Waals surface area contributed by atoms with Crippen molar-refractivity contribution in [3.63, 3.8) is 0 Å². The lowest BCUT2D eigenvalue weighted by Gasteiger charge is -2.09. The van der Waals surface area contributed by atoms with Gasteiger partial charge in [-0.25, -0.2) is 4.98 Å². The number of anilines is 1. The minimum absolute atomic E-state index is 0.0464. The monoisotopic (exact) mass is 401 g/mol. The Morgan fingerprint density at radius 2 is 1.96 bits per heavy atom. The zero-order valence-corrected chi connectivity index (χ0v) is 16.8. The standard InChI is InChI=1S/C19H19N3O3S2/c1-12-15(21-18(25-12)16-5-4-10-26-16)11-17(23)20-13-6-8-14(9-7-13)27-19(24)22(2)3/h4-10H,11H2,1-3H3,(H,20,23). The van der Waals surface area contributed by atoms with Crippen molar-refractivity contribution >= 4 is 39.9 Å². The highest BCUT2D eigenvalue weighted by atomic mass is 32.2. The zero-order valence-electron chi connectivity index (χ0n) is 15.2. The number of nitrogens with one attached hydrogen (secondary N) is 1. The fourth-order valence-electron chi connectivity index (χ4n) is 2.25. The lowest BCUT2D eigenvalue weighted by atomic mass is 10.2. The van der Waals surface area contributed by atoms with Gasteiger partial charge in [-0.15, -0.1) is 11.3 Å². The van der Waals surface area contributed by atoms with Gasteiger partial charge in [-0.05, 0) is 54.4 Å². The first kappa shape index (κ1) is 19.2. The summed E-state index contributed by atoms with van der Waals surface area (Å²) in [4.78, 5) is 31.7. The Bertz CT molecular complexity index is 932. The van der Waals surface area contributed by atoms with Crippen molar-refractivity contribution < 1.29 is 14.0 Å². The first-order valence-electron chi connectivity index (χ1n) is 8.21. The van der Waals surface area contributed by atoms with E-state index in [1.54, 1.807) is 56.6 Å². The molecule has 0 aliphatic heterocycles. The van der Waals surface area contributed by atoms with Crippen LogP contribution in [0.1, 0.15) is 11.5 Å². The molecule has 1 aromatic carbocycles.